The molecule has 0 aromatic heterocycles. The lowest BCUT2D eigenvalue weighted by molar-refractivity contribution is 0.267. The van der Waals surface area contributed by atoms with Gasteiger partial charge in [-0.05, 0) is 30.7 Å². The van der Waals surface area contributed by atoms with Crippen molar-refractivity contribution < 1.29 is 5.11 Å². The molecule has 0 aliphatic carbocycles. The van der Waals surface area contributed by atoms with Crippen molar-refractivity contribution in [3.8, 4) is 0 Å². The van der Waals surface area contributed by atoms with Crippen LogP contribution in [-0.4, -0.2) is 24.0 Å². The molecule has 0 unspecified atom stereocenters. The summed E-state index contributed by atoms with van der Waals surface area (Å²) in [5, 5.41) is 12.5. The topological polar surface area (TPSA) is 32.3 Å². The maximum absolute atomic E-state index is 9.11. The molecule has 1 heterocycles. The second kappa shape index (κ2) is 4.24. The third-order valence-electron chi connectivity index (χ3n) is 2.66. The number of thioether (sulfide) groups is 1. The lowest BCUT2D eigenvalue weighted by Gasteiger charge is -2.27. The van der Waals surface area contributed by atoms with Crippen LogP contribution in [-0.2, 0) is 6.42 Å². The summed E-state index contributed by atoms with van der Waals surface area (Å²) in [5.41, 5.74) is 2.60. The maximum atomic E-state index is 9.11. The van der Waals surface area contributed by atoms with E-state index in [0.29, 0.717) is 0 Å². The Morgan fingerprint density at radius 2 is 2.43 bits per heavy atom. The van der Waals surface area contributed by atoms with Gasteiger partial charge in [-0.15, -0.1) is 11.8 Å². The molecule has 0 fully saturated rings. The normalized spacial score (nSPS) is 20.0. The van der Waals surface area contributed by atoms with Crippen LogP contribution in [0.4, 0.5) is 5.69 Å². The van der Waals surface area contributed by atoms with Gasteiger partial charge in [0.15, 0.2) is 0 Å². The van der Waals surface area contributed by atoms with Gasteiger partial charge in [0, 0.05) is 10.9 Å². The Bertz CT molecular complexity index is 313. The van der Waals surface area contributed by atoms with Crippen molar-refractivity contribution in [1.82, 2.24) is 0 Å². The number of hydrogen-bond donors (Lipinski definition) is 2. The highest BCUT2D eigenvalue weighted by Gasteiger charge is 2.18. The molecule has 1 aromatic rings. The summed E-state index contributed by atoms with van der Waals surface area (Å²) >= 11 is 1.75. The van der Waals surface area contributed by atoms with Crippen molar-refractivity contribution in [3.05, 3.63) is 23.8 Å². The molecule has 0 saturated heterocycles. The zero-order valence-corrected chi connectivity index (χ0v) is 9.10. The molecule has 0 amide bonds. The van der Waals surface area contributed by atoms with Crippen molar-refractivity contribution >= 4 is 17.4 Å². The van der Waals surface area contributed by atoms with Crippen LogP contribution < -0.4 is 5.32 Å². The number of aliphatic hydroxyl groups excluding tert-OH is 1. The average Bonchev–Trinajstić information content (AvgIpc) is 2.27. The van der Waals surface area contributed by atoms with Gasteiger partial charge in [0.2, 0.25) is 0 Å². The van der Waals surface area contributed by atoms with E-state index in [0.717, 1.165) is 12.8 Å². The minimum Gasteiger partial charge on any atom is -0.394 e. The van der Waals surface area contributed by atoms with Crippen molar-refractivity contribution in [3.63, 3.8) is 0 Å². The van der Waals surface area contributed by atoms with Crippen LogP contribution in [0, 0.1) is 0 Å². The van der Waals surface area contributed by atoms with Crippen LogP contribution in [0.1, 0.15) is 12.0 Å². The van der Waals surface area contributed by atoms with Crippen LogP contribution in [0.2, 0.25) is 0 Å². The summed E-state index contributed by atoms with van der Waals surface area (Å²) in [4.78, 5) is 1.28. The summed E-state index contributed by atoms with van der Waals surface area (Å²) in [6, 6.07) is 6.62. The molecule has 0 saturated carbocycles. The largest absolute Gasteiger partial charge is 0.394 e. The standard InChI is InChI=1S/C11H15NOS/c1-14-10-4-2-3-8-5-6-9(7-13)12-11(8)10/h2-4,9,12-13H,5-7H2,1H3/t9-/m0/s1. The third-order valence-corrected chi connectivity index (χ3v) is 3.44. The Kier molecular flexibility index (Phi) is 2.99. The number of rotatable bonds is 2. The van der Waals surface area contributed by atoms with Gasteiger partial charge >= 0.3 is 0 Å². The zero-order chi connectivity index (χ0) is 9.97. The minimum atomic E-state index is 0.224. The van der Waals surface area contributed by atoms with E-state index in [1.165, 1.54) is 16.1 Å². The predicted molar refractivity (Wildman–Crippen MR) is 61.0 cm³/mol. The number of para-hydroxylation sites is 1. The lowest BCUT2D eigenvalue weighted by Crippen LogP contribution is -2.29. The number of benzene rings is 1. The van der Waals surface area contributed by atoms with E-state index < -0.39 is 0 Å². The molecule has 1 atom stereocenters. The first-order valence-corrected chi connectivity index (χ1v) is 6.11. The van der Waals surface area contributed by atoms with Crippen molar-refractivity contribution in [2.75, 3.05) is 18.2 Å². The molecular formula is C11H15NOS. The van der Waals surface area contributed by atoms with Gasteiger partial charge < -0.3 is 10.4 Å². The van der Waals surface area contributed by atoms with E-state index in [1.54, 1.807) is 11.8 Å². The molecule has 1 aromatic carbocycles. The Morgan fingerprint density at radius 3 is 3.14 bits per heavy atom. The fraction of sp³-hybridized carbons (Fsp3) is 0.455. The predicted octanol–water partition coefficient (Wildman–Crippen LogP) is 2.13. The van der Waals surface area contributed by atoms with Crippen LogP contribution in [0.25, 0.3) is 0 Å². The fourth-order valence-corrected chi connectivity index (χ4v) is 2.47. The van der Waals surface area contributed by atoms with E-state index in [-0.39, 0.29) is 12.6 Å². The summed E-state index contributed by atoms with van der Waals surface area (Å²) in [5.74, 6) is 0. The molecule has 76 valence electrons. The molecule has 0 spiro atoms. The highest BCUT2D eigenvalue weighted by atomic mass is 32.2. The maximum Gasteiger partial charge on any atom is 0.0632 e. The summed E-state index contributed by atoms with van der Waals surface area (Å²) in [6.45, 7) is 0.224. The van der Waals surface area contributed by atoms with E-state index in [4.69, 9.17) is 5.11 Å². The number of hydrogen-bond acceptors (Lipinski definition) is 3. The molecule has 1 aliphatic heterocycles. The van der Waals surface area contributed by atoms with Crippen molar-refractivity contribution in [2.24, 2.45) is 0 Å². The monoisotopic (exact) mass is 209 g/mol. The van der Waals surface area contributed by atoms with Crippen LogP contribution in [0.5, 0.6) is 0 Å². The number of aryl methyl sites for hydroxylation is 1. The first-order chi connectivity index (χ1) is 6.85. The Balaban J connectivity index is 2.33. The SMILES string of the molecule is CSc1cccc2c1N[C@H](CO)CC2. The summed E-state index contributed by atoms with van der Waals surface area (Å²) in [6.07, 6.45) is 4.18. The number of aliphatic hydroxyl groups is 1. The third kappa shape index (κ3) is 1.74. The van der Waals surface area contributed by atoms with Crippen LogP contribution in [0.3, 0.4) is 0 Å². The van der Waals surface area contributed by atoms with Gasteiger partial charge in [0.25, 0.3) is 0 Å². The van der Waals surface area contributed by atoms with Crippen LogP contribution >= 0.6 is 11.8 Å². The summed E-state index contributed by atoms with van der Waals surface area (Å²) < 4.78 is 0. The minimum absolute atomic E-state index is 0.224. The first kappa shape index (κ1) is 9.87. The molecule has 0 bridgehead atoms. The molecule has 1 aliphatic rings. The molecule has 2 rings (SSSR count). The fourth-order valence-electron chi connectivity index (χ4n) is 1.86. The van der Waals surface area contributed by atoms with E-state index in [1.807, 2.05) is 0 Å². The molecule has 2 nitrogen and oxygen atoms in total. The Morgan fingerprint density at radius 1 is 1.57 bits per heavy atom. The first-order valence-electron chi connectivity index (χ1n) is 4.88. The van der Waals surface area contributed by atoms with E-state index >= 15 is 0 Å². The van der Waals surface area contributed by atoms with E-state index in [9.17, 15) is 0 Å². The highest BCUT2D eigenvalue weighted by Crippen LogP contribution is 2.33. The van der Waals surface area contributed by atoms with Gasteiger partial charge in [-0.3, -0.25) is 0 Å². The Labute approximate surface area is 88.7 Å². The second-order valence-electron chi connectivity index (χ2n) is 3.56. The molecule has 2 N–H and O–H groups in total. The Hall–Kier alpha value is -0.670. The molecule has 0 radical (unpaired) electrons. The number of anilines is 1. The zero-order valence-electron chi connectivity index (χ0n) is 8.29. The smallest absolute Gasteiger partial charge is 0.0632 e. The quantitative estimate of drug-likeness (QED) is 0.732. The van der Waals surface area contributed by atoms with E-state index in [2.05, 4.69) is 29.8 Å². The van der Waals surface area contributed by atoms with Gasteiger partial charge in [-0.25, -0.2) is 0 Å². The number of nitrogens with one attached hydrogen (secondary N) is 1. The van der Waals surface area contributed by atoms with Gasteiger partial charge in [0.1, 0.15) is 0 Å². The molecule has 3 heteroatoms. The van der Waals surface area contributed by atoms with Gasteiger partial charge in [-0.1, -0.05) is 12.1 Å². The molecular weight excluding hydrogens is 194 g/mol. The molecule has 14 heavy (non-hydrogen) atoms. The van der Waals surface area contributed by atoms with Crippen molar-refractivity contribution in [1.29, 1.82) is 0 Å². The average molecular weight is 209 g/mol. The summed E-state index contributed by atoms with van der Waals surface area (Å²) in [7, 11) is 0. The highest BCUT2D eigenvalue weighted by molar-refractivity contribution is 7.98. The number of fused-ring (bicyclic) bond motifs is 1. The van der Waals surface area contributed by atoms with Gasteiger partial charge in [-0.2, -0.15) is 0 Å². The second-order valence-corrected chi connectivity index (χ2v) is 4.40. The van der Waals surface area contributed by atoms with Gasteiger partial charge in [0.05, 0.1) is 12.3 Å². The lowest BCUT2D eigenvalue weighted by atomic mass is 9.98. The van der Waals surface area contributed by atoms with Crippen LogP contribution in [0.15, 0.2) is 23.1 Å². The van der Waals surface area contributed by atoms with Crippen molar-refractivity contribution in [2.45, 2.75) is 23.8 Å².